The smallest absolute Gasteiger partial charge is 0.116 e. The van der Waals surface area contributed by atoms with Gasteiger partial charge in [-0.3, -0.25) is 0 Å². The molecule has 2 nitrogen and oxygen atoms in total. The van der Waals surface area contributed by atoms with Crippen molar-refractivity contribution >= 4 is 43.1 Å². The summed E-state index contributed by atoms with van der Waals surface area (Å²) < 4.78 is 0. The van der Waals surface area contributed by atoms with E-state index < -0.39 is 0 Å². The topological polar surface area (TPSA) is 25.8 Å². The molecular weight excluding hydrogens is 556 g/mol. The maximum absolute atomic E-state index is 4.82. The monoisotopic (exact) mass is 584 g/mol. The minimum Gasteiger partial charge on any atom is -0.236 e. The molecule has 2 heteroatoms. The minimum absolute atomic E-state index is 0.896. The number of aromatic nitrogens is 2. The molecule has 0 saturated carbocycles. The average Bonchev–Trinajstić information content (AvgIpc) is 3.14. The third-order valence-electron chi connectivity index (χ3n) is 9.12. The first-order valence-corrected chi connectivity index (χ1v) is 15.6. The molecule has 9 aromatic rings. The molecule has 0 bridgehead atoms. The van der Waals surface area contributed by atoms with E-state index in [-0.39, 0.29) is 0 Å². The Balaban J connectivity index is 1.35. The highest BCUT2D eigenvalue weighted by atomic mass is 14.8. The Morgan fingerprint density at radius 1 is 0.283 bits per heavy atom. The van der Waals surface area contributed by atoms with Crippen LogP contribution < -0.4 is 0 Å². The summed E-state index contributed by atoms with van der Waals surface area (Å²) in [5, 5.41) is 9.98. The first-order chi connectivity index (χ1) is 22.8. The zero-order chi connectivity index (χ0) is 30.5. The number of hydrogen-bond acceptors (Lipinski definition) is 2. The molecule has 9 rings (SSSR count). The second-order valence-electron chi connectivity index (χ2n) is 11.8. The van der Waals surface area contributed by atoms with Gasteiger partial charge in [0.15, 0.2) is 0 Å². The second kappa shape index (κ2) is 10.8. The Kier molecular flexibility index (Phi) is 6.17. The van der Waals surface area contributed by atoms with Crippen molar-refractivity contribution in [3.05, 3.63) is 170 Å². The fraction of sp³-hybridized carbons (Fsp3) is 0. The summed E-state index contributed by atoms with van der Waals surface area (Å²) in [4.78, 5) is 9.45. The maximum Gasteiger partial charge on any atom is 0.116 e. The second-order valence-corrected chi connectivity index (χ2v) is 11.8. The zero-order valence-corrected chi connectivity index (χ0v) is 25.1. The van der Waals surface area contributed by atoms with Crippen LogP contribution in [0.15, 0.2) is 170 Å². The molecule has 0 unspecified atom stereocenters. The van der Waals surface area contributed by atoms with Crippen molar-refractivity contribution in [2.75, 3.05) is 0 Å². The van der Waals surface area contributed by atoms with Gasteiger partial charge in [-0.05, 0) is 102 Å². The van der Waals surface area contributed by atoms with Gasteiger partial charge in [-0.25, -0.2) is 9.97 Å². The maximum atomic E-state index is 4.82. The predicted octanol–water partition coefficient (Wildman–Crippen LogP) is 11.8. The van der Waals surface area contributed by atoms with E-state index in [4.69, 9.17) is 4.98 Å². The van der Waals surface area contributed by atoms with E-state index in [0.717, 1.165) is 33.6 Å². The minimum atomic E-state index is 0.896. The molecule has 46 heavy (non-hydrogen) atoms. The van der Waals surface area contributed by atoms with Crippen molar-refractivity contribution in [1.29, 1.82) is 0 Å². The molecule has 1 heterocycles. The molecule has 0 saturated heterocycles. The molecule has 0 N–H and O–H groups in total. The van der Waals surface area contributed by atoms with Gasteiger partial charge in [-0.1, -0.05) is 127 Å². The molecule has 1 aromatic heterocycles. The van der Waals surface area contributed by atoms with Gasteiger partial charge in [0.1, 0.15) is 6.33 Å². The summed E-state index contributed by atoms with van der Waals surface area (Å²) in [6, 6.07) is 58.9. The summed E-state index contributed by atoms with van der Waals surface area (Å²) in [5.41, 5.74) is 8.67. The Labute approximate surface area is 267 Å². The molecule has 0 aliphatic heterocycles. The lowest BCUT2D eigenvalue weighted by Gasteiger charge is -2.16. The molecule has 0 atom stereocenters. The fourth-order valence-corrected chi connectivity index (χ4v) is 6.95. The standard InChI is InChI=1S/C44H28N2/c1-2-12-29(13-3-1)43-27-44(46-28-45-43)34-23-32(41-25-30-14-4-6-16-35(30)37-18-8-10-20-39(37)41)22-33(24-34)42-26-31-15-5-7-17-36(31)38-19-9-11-21-40(38)42/h1-28H. The summed E-state index contributed by atoms with van der Waals surface area (Å²) in [7, 11) is 0. The van der Waals surface area contributed by atoms with Crippen LogP contribution in [0, 0.1) is 0 Å². The highest BCUT2D eigenvalue weighted by molar-refractivity contribution is 6.16. The van der Waals surface area contributed by atoms with Crippen molar-refractivity contribution < 1.29 is 0 Å². The van der Waals surface area contributed by atoms with E-state index >= 15 is 0 Å². The van der Waals surface area contributed by atoms with Gasteiger partial charge in [0.2, 0.25) is 0 Å². The number of benzene rings is 8. The molecule has 0 radical (unpaired) electrons. The van der Waals surface area contributed by atoms with Crippen LogP contribution >= 0.6 is 0 Å². The SMILES string of the molecule is c1ccc(-c2cc(-c3cc(-c4cc5ccccc5c5ccccc45)cc(-c4cc5ccccc5c5ccccc45)c3)ncn2)cc1. The van der Waals surface area contributed by atoms with Crippen LogP contribution in [0.4, 0.5) is 0 Å². The molecule has 0 fully saturated rings. The molecular formula is C44H28N2. The molecule has 0 aliphatic rings. The van der Waals surface area contributed by atoms with Crippen molar-refractivity contribution in [1.82, 2.24) is 9.97 Å². The van der Waals surface area contributed by atoms with Crippen LogP contribution in [0.2, 0.25) is 0 Å². The highest BCUT2D eigenvalue weighted by Crippen LogP contribution is 2.41. The summed E-state index contributed by atoms with van der Waals surface area (Å²) in [5.74, 6) is 0. The van der Waals surface area contributed by atoms with Crippen LogP contribution in [0.3, 0.4) is 0 Å². The zero-order valence-electron chi connectivity index (χ0n) is 25.1. The third-order valence-corrected chi connectivity index (χ3v) is 9.12. The fourth-order valence-electron chi connectivity index (χ4n) is 6.95. The van der Waals surface area contributed by atoms with E-state index in [0.29, 0.717) is 0 Å². The normalized spacial score (nSPS) is 11.5. The van der Waals surface area contributed by atoms with E-state index in [2.05, 4.69) is 151 Å². The Bertz CT molecular complexity index is 2450. The summed E-state index contributed by atoms with van der Waals surface area (Å²) in [6.45, 7) is 0. The lowest BCUT2D eigenvalue weighted by molar-refractivity contribution is 1.18. The Morgan fingerprint density at radius 2 is 0.696 bits per heavy atom. The van der Waals surface area contributed by atoms with Crippen molar-refractivity contribution in [2.24, 2.45) is 0 Å². The number of rotatable bonds is 4. The first-order valence-electron chi connectivity index (χ1n) is 15.6. The van der Waals surface area contributed by atoms with Gasteiger partial charge in [0.25, 0.3) is 0 Å². The first kappa shape index (κ1) is 26.3. The van der Waals surface area contributed by atoms with Gasteiger partial charge in [0.05, 0.1) is 11.4 Å². The van der Waals surface area contributed by atoms with Crippen molar-refractivity contribution in [3.63, 3.8) is 0 Å². The van der Waals surface area contributed by atoms with Gasteiger partial charge in [-0.15, -0.1) is 0 Å². The van der Waals surface area contributed by atoms with Gasteiger partial charge < -0.3 is 0 Å². The highest BCUT2D eigenvalue weighted by Gasteiger charge is 2.15. The van der Waals surface area contributed by atoms with Crippen LogP contribution in [0.25, 0.3) is 87.9 Å². The van der Waals surface area contributed by atoms with Gasteiger partial charge in [0, 0.05) is 11.1 Å². The number of nitrogens with zero attached hydrogens (tertiary/aromatic N) is 2. The Hall–Kier alpha value is -6.12. The van der Waals surface area contributed by atoms with Crippen LogP contribution in [0.5, 0.6) is 0 Å². The summed E-state index contributed by atoms with van der Waals surface area (Å²) in [6.07, 6.45) is 1.68. The van der Waals surface area contributed by atoms with E-state index in [1.165, 1.54) is 54.2 Å². The third kappa shape index (κ3) is 4.43. The van der Waals surface area contributed by atoms with E-state index in [9.17, 15) is 0 Å². The van der Waals surface area contributed by atoms with E-state index in [1.54, 1.807) is 6.33 Å². The average molecular weight is 585 g/mol. The van der Waals surface area contributed by atoms with Gasteiger partial charge in [-0.2, -0.15) is 0 Å². The quantitative estimate of drug-likeness (QED) is 0.192. The molecule has 0 amide bonds. The van der Waals surface area contributed by atoms with Crippen LogP contribution in [-0.4, -0.2) is 9.97 Å². The van der Waals surface area contributed by atoms with Crippen molar-refractivity contribution in [2.45, 2.75) is 0 Å². The predicted molar refractivity (Wildman–Crippen MR) is 194 cm³/mol. The molecule has 8 aromatic carbocycles. The lowest BCUT2D eigenvalue weighted by atomic mass is 9.88. The van der Waals surface area contributed by atoms with Crippen LogP contribution in [-0.2, 0) is 0 Å². The summed E-state index contributed by atoms with van der Waals surface area (Å²) >= 11 is 0. The number of hydrogen-bond donors (Lipinski definition) is 0. The van der Waals surface area contributed by atoms with E-state index in [1.807, 2.05) is 18.2 Å². The van der Waals surface area contributed by atoms with Crippen molar-refractivity contribution in [3.8, 4) is 44.8 Å². The molecule has 0 aliphatic carbocycles. The molecule has 214 valence electrons. The Morgan fingerprint density at radius 3 is 1.24 bits per heavy atom. The number of fused-ring (bicyclic) bond motifs is 6. The lowest BCUT2D eigenvalue weighted by Crippen LogP contribution is -1.93. The largest absolute Gasteiger partial charge is 0.236 e. The van der Waals surface area contributed by atoms with Crippen LogP contribution in [0.1, 0.15) is 0 Å². The molecule has 0 spiro atoms. The van der Waals surface area contributed by atoms with Gasteiger partial charge >= 0.3 is 0 Å².